The molecule has 3 rings (SSSR count). The Hall–Kier alpha value is -2.55. The zero-order valence-electron chi connectivity index (χ0n) is 14.9. The number of ether oxygens (including phenoxy) is 2. The first kappa shape index (κ1) is 18.2. The summed E-state index contributed by atoms with van der Waals surface area (Å²) < 4.78 is 10.4. The summed E-state index contributed by atoms with van der Waals surface area (Å²) in [6.45, 7) is 1.98. The fraction of sp³-hybridized carbons (Fsp3) is 0.471. The van der Waals surface area contributed by atoms with Crippen LogP contribution in [-0.4, -0.2) is 43.5 Å². The maximum absolute atomic E-state index is 12.3. The average Bonchev–Trinajstić information content (AvgIpc) is 2.93. The maximum atomic E-state index is 12.3. The van der Waals surface area contributed by atoms with Crippen molar-refractivity contribution >= 4 is 33.3 Å². The van der Waals surface area contributed by atoms with Crippen LogP contribution >= 0.6 is 11.3 Å². The van der Waals surface area contributed by atoms with Crippen LogP contribution in [0.3, 0.4) is 0 Å². The molecule has 9 heteroatoms. The van der Waals surface area contributed by atoms with E-state index in [9.17, 15) is 4.79 Å². The number of hydrogen-bond donors (Lipinski definition) is 2. The van der Waals surface area contributed by atoms with Crippen LogP contribution in [0.2, 0.25) is 0 Å². The molecule has 0 atom stereocenters. The van der Waals surface area contributed by atoms with Gasteiger partial charge in [-0.05, 0) is 25.0 Å². The quantitative estimate of drug-likeness (QED) is 0.828. The van der Waals surface area contributed by atoms with Crippen molar-refractivity contribution in [3.63, 3.8) is 0 Å². The highest BCUT2D eigenvalue weighted by Gasteiger charge is 2.16. The summed E-state index contributed by atoms with van der Waals surface area (Å²) in [4.78, 5) is 14.5. The van der Waals surface area contributed by atoms with Gasteiger partial charge in [0, 0.05) is 19.2 Å². The normalized spacial score (nSPS) is 14.5. The van der Waals surface area contributed by atoms with Crippen molar-refractivity contribution < 1.29 is 14.3 Å². The van der Waals surface area contributed by atoms with E-state index in [1.807, 2.05) is 0 Å². The minimum atomic E-state index is -0.407. The molecular formula is C17H23N5O3S. The molecule has 0 unspecified atom stereocenters. The summed E-state index contributed by atoms with van der Waals surface area (Å²) in [5, 5.41) is 15.1. The lowest BCUT2D eigenvalue weighted by molar-refractivity contribution is 0.262. The van der Waals surface area contributed by atoms with Crippen molar-refractivity contribution in [3.8, 4) is 11.5 Å². The Balaban J connectivity index is 1.63. The third-order valence-corrected chi connectivity index (χ3v) is 5.07. The number of hydrogen-bond acceptors (Lipinski definition) is 7. The lowest BCUT2D eigenvalue weighted by atomic mass is 10.2. The molecule has 0 saturated carbocycles. The standard InChI is InChI=1S/C17H23N5O3S/c1-24-12-7-8-14(25-2)13(11-12)18-15(23)19-16-20-21-17(26-16)22-9-5-3-4-6-10-22/h7-8,11H,3-6,9-10H2,1-2H3,(H2,18,19,20,23). The van der Waals surface area contributed by atoms with E-state index < -0.39 is 6.03 Å². The van der Waals surface area contributed by atoms with Crippen molar-refractivity contribution in [2.75, 3.05) is 42.8 Å². The second kappa shape index (κ2) is 8.70. The largest absolute Gasteiger partial charge is 0.497 e. The molecule has 0 aliphatic carbocycles. The summed E-state index contributed by atoms with van der Waals surface area (Å²) >= 11 is 1.38. The van der Waals surface area contributed by atoms with E-state index in [4.69, 9.17) is 9.47 Å². The number of nitrogens with one attached hydrogen (secondary N) is 2. The Morgan fingerprint density at radius 2 is 1.85 bits per heavy atom. The van der Waals surface area contributed by atoms with Crippen LogP contribution in [0, 0.1) is 0 Å². The van der Waals surface area contributed by atoms with Gasteiger partial charge < -0.3 is 19.7 Å². The lowest BCUT2D eigenvalue weighted by Gasteiger charge is -2.17. The zero-order valence-corrected chi connectivity index (χ0v) is 15.8. The van der Waals surface area contributed by atoms with Crippen molar-refractivity contribution in [3.05, 3.63) is 18.2 Å². The number of anilines is 3. The number of amides is 2. The number of aromatic nitrogens is 2. The van der Waals surface area contributed by atoms with Crippen molar-refractivity contribution in [1.29, 1.82) is 0 Å². The van der Waals surface area contributed by atoms with Crippen LogP contribution in [0.15, 0.2) is 18.2 Å². The molecule has 0 bridgehead atoms. The highest BCUT2D eigenvalue weighted by atomic mass is 32.1. The predicted octanol–water partition coefficient (Wildman–Crippen LogP) is 3.58. The Morgan fingerprint density at radius 3 is 2.54 bits per heavy atom. The van der Waals surface area contributed by atoms with E-state index in [1.54, 1.807) is 32.4 Å². The topological polar surface area (TPSA) is 88.6 Å². The summed E-state index contributed by atoms with van der Waals surface area (Å²) in [6, 6.07) is 4.79. The Kier molecular flexibility index (Phi) is 6.11. The van der Waals surface area contributed by atoms with E-state index in [-0.39, 0.29) is 0 Å². The van der Waals surface area contributed by atoms with Gasteiger partial charge in [0.15, 0.2) is 0 Å². The molecule has 1 saturated heterocycles. The van der Waals surface area contributed by atoms with Gasteiger partial charge in [-0.15, -0.1) is 10.2 Å². The summed E-state index contributed by atoms with van der Waals surface area (Å²) in [7, 11) is 3.11. The highest BCUT2D eigenvalue weighted by molar-refractivity contribution is 7.19. The number of nitrogens with zero attached hydrogens (tertiary/aromatic N) is 3. The van der Waals surface area contributed by atoms with Crippen molar-refractivity contribution in [2.45, 2.75) is 25.7 Å². The van der Waals surface area contributed by atoms with Gasteiger partial charge in [-0.2, -0.15) is 0 Å². The Bertz CT molecular complexity index is 744. The van der Waals surface area contributed by atoms with E-state index in [2.05, 4.69) is 25.7 Å². The monoisotopic (exact) mass is 377 g/mol. The number of benzene rings is 1. The van der Waals surface area contributed by atoms with Crippen molar-refractivity contribution in [2.24, 2.45) is 0 Å². The first-order chi connectivity index (χ1) is 12.7. The molecule has 1 aliphatic rings. The first-order valence-corrected chi connectivity index (χ1v) is 9.39. The van der Waals surface area contributed by atoms with Gasteiger partial charge in [-0.1, -0.05) is 24.2 Å². The van der Waals surface area contributed by atoms with E-state index in [0.717, 1.165) is 18.2 Å². The van der Waals surface area contributed by atoms with Gasteiger partial charge >= 0.3 is 6.03 Å². The second-order valence-electron chi connectivity index (χ2n) is 5.94. The van der Waals surface area contributed by atoms with Gasteiger partial charge in [0.05, 0.1) is 19.9 Å². The first-order valence-electron chi connectivity index (χ1n) is 8.58. The number of carbonyl (C=O) groups excluding carboxylic acids is 1. The summed E-state index contributed by atoms with van der Waals surface area (Å²) in [6.07, 6.45) is 4.84. The van der Waals surface area contributed by atoms with Gasteiger partial charge in [0.2, 0.25) is 10.3 Å². The van der Waals surface area contributed by atoms with Crippen LogP contribution in [0.4, 0.5) is 20.7 Å². The number of urea groups is 1. The molecule has 1 fully saturated rings. The molecule has 2 N–H and O–H groups in total. The SMILES string of the molecule is COc1ccc(OC)c(NC(=O)Nc2nnc(N3CCCCCC3)s2)c1. The van der Waals surface area contributed by atoms with Crippen LogP contribution in [0.5, 0.6) is 11.5 Å². The minimum absolute atomic E-state index is 0.407. The van der Waals surface area contributed by atoms with Gasteiger partial charge in [0.25, 0.3) is 0 Å². The summed E-state index contributed by atoms with van der Waals surface area (Å²) in [5.74, 6) is 1.17. The third-order valence-electron chi connectivity index (χ3n) is 4.17. The summed E-state index contributed by atoms with van der Waals surface area (Å²) in [5.41, 5.74) is 0.515. The number of rotatable bonds is 5. The fourth-order valence-corrected chi connectivity index (χ4v) is 3.61. The molecule has 0 spiro atoms. The number of methoxy groups -OCH3 is 2. The van der Waals surface area contributed by atoms with Crippen molar-refractivity contribution in [1.82, 2.24) is 10.2 Å². The average molecular weight is 377 g/mol. The van der Waals surface area contributed by atoms with Crippen LogP contribution in [0.1, 0.15) is 25.7 Å². The third kappa shape index (κ3) is 4.54. The molecule has 2 aromatic rings. The fourth-order valence-electron chi connectivity index (χ4n) is 2.82. The molecular weight excluding hydrogens is 354 g/mol. The molecule has 1 aliphatic heterocycles. The zero-order chi connectivity index (χ0) is 18.4. The van der Waals surface area contributed by atoms with E-state index in [0.29, 0.717) is 22.3 Å². The van der Waals surface area contributed by atoms with E-state index >= 15 is 0 Å². The molecule has 0 radical (unpaired) electrons. The van der Waals surface area contributed by atoms with Gasteiger partial charge in [-0.3, -0.25) is 5.32 Å². The van der Waals surface area contributed by atoms with Crippen LogP contribution in [0.25, 0.3) is 0 Å². The predicted molar refractivity (Wildman–Crippen MR) is 103 cm³/mol. The Labute approximate surface area is 156 Å². The van der Waals surface area contributed by atoms with Gasteiger partial charge in [0.1, 0.15) is 11.5 Å². The molecule has 26 heavy (non-hydrogen) atoms. The highest BCUT2D eigenvalue weighted by Crippen LogP contribution is 2.30. The minimum Gasteiger partial charge on any atom is -0.497 e. The smallest absolute Gasteiger partial charge is 0.325 e. The molecule has 2 heterocycles. The lowest BCUT2D eigenvalue weighted by Crippen LogP contribution is -2.23. The molecule has 140 valence electrons. The van der Waals surface area contributed by atoms with Crippen LogP contribution < -0.4 is 25.0 Å². The molecule has 2 amide bonds. The molecule has 8 nitrogen and oxygen atoms in total. The molecule has 1 aromatic heterocycles. The maximum Gasteiger partial charge on any atom is 0.325 e. The molecule has 1 aromatic carbocycles. The van der Waals surface area contributed by atoms with E-state index in [1.165, 1.54) is 37.0 Å². The number of carbonyl (C=O) groups is 1. The van der Waals surface area contributed by atoms with Gasteiger partial charge in [-0.25, -0.2) is 4.79 Å². The Morgan fingerprint density at radius 1 is 1.08 bits per heavy atom. The second-order valence-corrected chi connectivity index (χ2v) is 6.89. The van der Waals surface area contributed by atoms with Crippen LogP contribution in [-0.2, 0) is 0 Å².